The van der Waals surface area contributed by atoms with Gasteiger partial charge in [-0.3, -0.25) is 4.79 Å². The lowest BCUT2D eigenvalue weighted by Crippen LogP contribution is -2.55. The summed E-state index contributed by atoms with van der Waals surface area (Å²) in [4.78, 5) is 38.5. The molecular formula is C34H40N2O6. The Hall–Kier alpha value is -4.17. The second kappa shape index (κ2) is 13.7. The third-order valence-electron chi connectivity index (χ3n) is 7.52. The fourth-order valence-corrected chi connectivity index (χ4v) is 5.16. The summed E-state index contributed by atoms with van der Waals surface area (Å²) in [5, 5.41) is 15.2. The zero-order valence-corrected chi connectivity index (χ0v) is 24.6. The van der Waals surface area contributed by atoms with E-state index >= 15 is 0 Å². The summed E-state index contributed by atoms with van der Waals surface area (Å²) in [7, 11) is 0. The molecule has 0 spiro atoms. The summed E-state index contributed by atoms with van der Waals surface area (Å²) < 4.78 is 11.4. The Bertz CT molecular complexity index is 1340. The lowest BCUT2D eigenvalue weighted by Gasteiger charge is -2.27. The van der Waals surface area contributed by atoms with E-state index in [1.807, 2.05) is 87.5 Å². The Morgan fingerprint density at radius 2 is 1.43 bits per heavy atom. The van der Waals surface area contributed by atoms with Crippen LogP contribution in [0.15, 0.2) is 78.9 Å². The molecule has 0 saturated carbocycles. The number of rotatable bonds is 12. The first-order valence-corrected chi connectivity index (χ1v) is 14.3. The predicted octanol–water partition coefficient (Wildman–Crippen LogP) is 5.89. The standard InChI is InChI=1S/C34H40N2O6/c1-22(41-20-23-12-6-5-7-13-23)30(32(38)39)36-31(37)29(18-19-34(2,3)4)35-33(40)42-21-28-26-16-10-8-14-24(26)25-15-9-11-17-27(25)28/h5-17,22,28-30H,18-21H2,1-4H3,(H,35,40)(H,36,37)(H,38,39)/t22-,29?,30+/m0/s1. The monoisotopic (exact) mass is 572 g/mol. The van der Waals surface area contributed by atoms with Gasteiger partial charge in [0.05, 0.1) is 12.7 Å². The van der Waals surface area contributed by atoms with E-state index in [2.05, 4.69) is 22.8 Å². The van der Waals surface area contributed by atoms with Crippen molar-refractivity contribution in [2.24, 2.45) is 5.41 Å². The smallest absolute Gasteiger partial charge is 0.407 e. The van der Waals surface area contributed by atoms with Crippen molar-refractivity contribution in [1.82, 2.24) is 10.6 Å². The van der Waals surface area contributed by atoms with Crippen LogP contribution in [0.5, 0.6) is 0 Å². The van der Waals surface area contributed by atoms with E-state index in [1.54, 1.807) is 6.92 Å². The minimum Gasteiger partial charge on any atom is -0.480 e. The van der Waals surface area contributed by atoms with Gasteiger partial charge in [-0.1, -0.05) is 99.6 Å². The molecule has 8 heteroatoms. The predicted molar refractivity (Wildman–Crippen MR) is 161 cm³/mol. The Morgan fingerprint density at radius 3 is 2.00 bits per heavy atom. The maximum atomic E-state index is 13.4. The van der Waals surface area contributed by atoms with Gasteiger partial charge < -0.3 is 25.2 Å². The van der Waals surface area contributed by atoms with E-state index in [-0.39, 0.29) is 24.5 Å². The molecule has 3 N–H and O–H groups in total. The van der Waals surface area contributed by atoms with Gasteiger partial charge in [0.1, 0.15) is 12.6 Å². The Kier molecular flexibility index (Phi) is 10.0. The number of carbonyl (C=O) groups excluding carboxylic acids is 2. The van der Waals surface area contributed by atoms with Crippen LogP contribution in [0.4, 0.5) is 4.79 Å². The minimum absolute atomic E-state index is 0.107. The van der Waals surface area contributed by atoms with Gasteiger partial charge in [0.25, 0.3) is 0 Å². The van der Waals surface area contributed by atoms with Gasteiger partial charge in [-0.2, -0.15) is 0 Å². The van der Waals surface area contributed by atoms with Crippen LogP contribution < -0.4 is 10.6 Å². The highest BCUT2D eigenvalue weighted by Crippen LogP contribution is 2.44. The Balaban J connectivity index is 1.41. The number of aliphatic carboxylic acids is 1. The van der Waals surface area contributed by atoms with E-state index in [0.29, 0.717) is 12.8 Å². The van der Waals surface area contributed by atoms with Crippen LogP contribution >= 0.6 is 0 Å². The molecule has 42 heavy (non-hydrogen) atoms. The number of ether oxygens (including phenoxy) is 2. The molecular weight excluding hydrogens is 532 g/mol. The van der Waals surface area contributed by atoms with Gasteiger partial charge in [-0.05, 0) is 53.0 Å². The van der Waals surface area contributed by atoms with Gasteiger partial charge in [0.15, 0.2) is 6.04 Å². The first-order valence-electron chi connectivity index (χ1n) is 14.3. The van der Waals surface area contributed by atoms with Crippen molar-refractivity contribution < 1.29 is 29.0 Å². The van der Waals surface area contributed by atoms with Gasteiger partial charge in [-0.25, -0.2) is 9.59 Å². The van der Waals surface area contributed by atoms with Gasteiger partial charge in [0.2, 0.25) is 5.91 Å². The van der Waals surface area contributed by atoms with Crippen molar-refractivity contribution in [1.29, 1.82) is 0 Å². The molecule has 0 heterocycles. The van der Waals surface area contributed by atoms with Crippen molar-refractivity contribution in [3.8, 4) is 11.1 Å². The van der Waals surface area contributed by atoms with Crippen LogP contribution in [0.25, 0.3) is 11.1 Å². The summed E-state index contributed by atoms with van der Waals surface area (Å²) in [5.41, 5.74) is 5.18. The van der Waals surface area contributed by atoms with Crippen LogP contribution in [0.1, 0.15) is 63.1 Å². The number of hydrogen-bond acceptors (Lipinski definition) is 5. The molecule has 4 rings (SSSR count). The molecule has 222 valence electrons. The lowest BCUT2D eigenvalue weighted by molar-refractivity contribution is -0.146. The fraction of sp³-hybridized carbons (Fsp3) is 0.382. The number of alkyl carbamates (subject to hydrolysis) is 1. The van der Waals surface area contributed by atoms with Crippen molar-refractivity contribution in [2.45, 2.75) is 71.2 Å². The average molecular weight is 573 g/mol. The molecule has 8 nitrogen and oxygen atoms in total. The van der Waals surface area contributed by atoms with Crippen LogP contribution in [-0.4, -0.2) is 47.9 Å². The molecule has 0 aliphatic heterocycles. The second-order valence-corrected chi connectivity index (χ2v) is 11.9. The molecule has 3 aromatic carbocycles. The Morgan fingerprint density at radius 1 is 0.857 bits per heavy atom. The molecule has 0 aromatic heterocycles. The van der Waals surface area contributed by atoms with Gasteiger partial charge in [-0.15, -0.1) is 0 Å². The van der Waals surface area contributed by atoms with Crippen LogP contribution in [0.3, 0.4) is 0 Å². The highest BCUT2D eigenvalue weighted by Gasteiger charge is 2.33. The second-order valence-electron chi connectivity index (χ2n) is 11.9. The highest BCUT2D eigenvalue weighted by molar-refractivity contribution is 5.89. The summed E-state index contributed by atoms with van der Waals surface area (Å²) in [6, 6.07) is 23.2. The van der Waals surface area contributed by atoms with Crippen molar-refractivity contribution in [2.75, 3.05) is 6.61 Å². The van der Waals surface area contributed by atoms with E-state index in [4.69, 9.17) is 9.47 Å². The SMILES string of the molecule is C[C@H](OCc1ccccc1)[C@@H](NC(=O)C(CCC(C)(C)C)NC(=O)OCC1c2ccccc2-c2ccccc21)C(=O)O. The first-order chi connectivity index (χ1) is 20.0. The van der Waals surface area contributed by atoms with Crippen LogP contribution in [0.2, 0.25) is 0 Å². The van der Waals surface area contributed by atoms with E-state index in [9.17, 15) is 19.5 Å². The fourth-order valence-electron chi connectivity index (χ4n) is 5.16. The molecule has 0 bridgehead atoms. The average Bonchev–Trinajstić information content (AvgIpc) is 3.29. The van der Waals surface area contributed by atoms with Crippen molar-refractivity contribution in [3.63, 3.8) is 0 Å². The van der Waals surface area contributed by atoms with E-state index < -0.39 is 36.2 Å². The minimum atomic E-state index is -1.30. The maximum Gasteiger partial charge on any atom is 0.407 e. The highest BCUT2D eigenvalue weighted by atomic mass is 16.5. The molecule has 0 radical (unpaired) electrons. The first kappa shape index (κ1) is 30.8. The number of carboxylic acids is 1. The zero-order valence-electron chi connectivity index (χ0n) is 24.6. The maximum absolute atomic E-state index is 13.4. The number of benzene rings is 3. The molecule has 3 aromatic rings. The largest absolute Gasteiger partial charge is 0.480 e. The summed E-state index contributed by atoms with van der Waals surface area (Å²) in [6.45, 7) is 8.02. The molecule has 3 atom stereocenters. The van der Waals surface area contributed by atoms with Crippen molar-refractivity contribution in [3.05, 3.63) is 95.6 Å². The summed E-state index contributed by atoms with van der Waals surface area (Å²) in [6.07, 6.45) is -0.618. The summed E-state index contributed by atoms with van der Waals surface area (Å²) >= 11 is 0. The molecule has 1 unspecified atom stereocenters. The third kappa shape index (κ3) is 7.97. The van der Waals surface area contributed by atoms with Gasteiger partial charge in [0, 0.05) is 5.92 Å². The summed E-state index contributed by atoms with van der Waals surface area (Å²) in [5.74, 6) is -1.95. The lowest BCUT2D eigenvalue weighted by atomic mass is 9.88. The van der Waals surface area contributed by atoms with Crippen molar-refractivity contribution >= 4 is 18.0 Å². The molecule has 0 fully saturated rings. The van der Waals surface area contributed by atoms with Crippen LogP contribution in [-0.2, 0) is 25.7 Å². The van der Waals surface area contributed by atoms with E-state index in [1.165, 1.54) is 0 Å². The molecule has 0 saturated heterocycles. The molecule has 1 aliphatic rings. The zero-order chi connectivity index (χ0) is 30.3. The number of fused-ring (bicyclic) bond motifs is 3. The number of carbonyl (C=O) groups is 3. The molecule has 1 aliphatic carbocycles. The topological polar surface area (TPSA) is 114 Å². The number of hydrogen-bond donors (Lipinski definition) is 3. The number of carboxylic acid groups (broad SMARTS) is 1. The quantitative estimate of drug-likeness (QED) is 0.249. The van der Waals surface area contributed by atoms with Gasteiger partial charge >= 0.3 is 12.1 Å². The van der Waals surface area contributed by atoms with E-state index in [0.717, 1.165) is 27.8 Å². The number of nitrogens with one attached hydrogen (secondary N) is 2. The third-order valence-corrected chi connectivity index (χ3v) is 7.52. The molecule has 2 amide bonds. The normalized spacial score (nSPS) is 14.7. The number of amides is 2. The van der Waals surface area contributed by atoms with Crippen LogP contribution in [0, 0.1) is 5.41 Å². The Labute approximate surface area is 247 Å².